The van der Waals surface area contributed by atoms with E-state index in [-0.39, 0.29) is 0 Å². The van der Waals surface area contributed by atoms with E-state index in [0.29, 0.717) is 5.02 Å². The van der Waals surface area contributed by atoms with Gasteiger partial charge in [-0.3, -0.25) is 0 Å². The molecule has 4 nitrogen and oxygen atoms in total. The maximum absolute atomic E-state index is 10.7. The van der Waals surface area contributed by atoms with Gasteiger partial charge in [0.05, 0.1) is 26.7 Å². The summed E-state index contributed by atoms with van der Waals surface area (Å²) < 4.78 is 61.9. The Hall–Kier alpha value is -1.12. The van der Waals surface area contributed by atoms with Gasteiger partial charge < -0.3 is 4.48 Å². The molecule has 22 heavy (non-hydrogen) atoms. The van der Waals surface area contributed by atoms with Gasteiger partial charge in [-0.15, -0.1) is 5.10 Å². The molecule has 1 aromatic heterocycles. The van der Waals surface area contributed by atoms with Crippen LogP contribution in [-0.2, 0) is 6.67 Å². The van der Waals surface area contributed by atoms with Gasteiger partial charge in [-0.1, -0.05) is 16.8 Å². The average molecular weight is 371 g/mol. The molecule has 0 aliphatic rings. The minimum atomic E-state index is -10.7. The number of hydrogen-bond donors (Lipinski definition) is 0. The van der Waals surface area contributed by atoms with Crippen LogP contribution in [0.5, 0.6) is 0 Å². The van der Waals surface area contributed by atoms with Crippen molar-refractivity contribution in [3.05, 3.63) is 23.2 Å². The first-order chi connectivity index (χ1) is 9.40. The summed E-state index contributed by atoms with van der Waals surface area (Å²) in [6, 6.07) is 5.61. The first kappa shape index (κ1) is 18.9. The summed E-state index contributed by atoms with van der Waals surface area (Å²) in [6.07, 6.45) is 0. The molecule has 0 saturated carbocycles. The first-order valence-electron chi connectivity index (χ1n) is 5.76. The first-order valence-corrected chi connectivity index (χ1v) is 8.17. The molecule has 0 aliphatic heterocycles. The van der Waals surface area contributed by atoms with Crippen LogP contribution in [0.3, 0.4) is 0 Å². The molecule has 1 aromatic carbocycles. The quantitative estimate of drug-likeness (QED) is 0.417. The van der Waals surface area contributed by atoms with Gasteiger partial charge in [0.15, 0.2) is 6.67 Å². The number of rotatable bonds is 2. The summed E-state index contributed by atoms with van der Waals surface area (Å²) in [5.41, 5.74) is 1.86. The summed E-state index contributed by atoms with van der Waals surface area (Å²) in [5.74, 6) is 0. The fraction of sp³-hybridized carbons (Fsp3) is 0.400. The molecule has 128 valence electrons. The Balaban J connectivity index is 0.000000295. The van der Waals surface area contributed by atoms with Gasteiger partial charge in [0, 0.05) is 5.02 Å². The second-order valence-electron chi connectivity index (χ2n) is 5.61. The molecular weight excluding hydrogens is 357 g/mol. The van der Waals surface area contributed by atoms with Crippen LogP contribution in [0, 0.1) is 0 Å². The van der Waals surface area contributed by atoms with Crippen LogP contribution in [-0.4, -0.2) is 40.6 Å². The van der Waals surface area contributed by atoms with E-state index in [4.69, 9.17) is 11.6 Å². The molecule has 2 rings (SSSR count). The number of hydrogen-bond acceptors (Lipinski definition) is 2. The van der Waals surface area contributed by atoms with Gasteiger partial charge in [-0.05, 0) is 18.2 Å². The summed E-state index contributed by atoms with van der Waals surface area (Å²) >= 11 is 5.94. The Morgan fingerprint density at radius 3 is 2.05 bits per heavy atom. The third kappa shape index (κ3) is 9.01. The zero-order valence-electron chi connectivity index (χ0n) is 11.8. The van der Waals surface area contributed by atoms with E-state index in [1.165, 1.54) is 0 Å². The van der Waals surface area contributed by atoms with Crippen molar-refractivity contribution in [3.63, 3.8) is 0 Å². The monoisotopic (exact) mass is 370 g/mol. The van der Waals surface area contributed by atoms with Gasteiger partial charge in [0.25, 0.3) is 0 Å². The third-order valence-electron chi connectivity index (χ3n) is 2.03. The van der Waals surface area contributed by atoms with Crippen molar-refractivity contribution >= 4 is 30.4 Å². The van der Waals surface area contributed by atoms with Crippen LogP contribution >= 0.6 is 19.4 Å². The Morgan fingerprint density at radius 1 is 1.09 bits per heavy atom. The number of nitrogens with zero attached hydrogens (tertiary/aromatic N) is 4. The number of fused-ring (bicyclic) bond motifs is 1. The molecule has 1 heterocycles. The molecule has 0 unspecified atom stereocenters. The predicted octanol–water partition coefficient (Wildman–Crippen LogP) is 5.13. The van der Waals surface area contributed by atoms with Gasteiger partial charge in [-0.25, -0.2) is 0 Å². The van der Waals surface area contributed by atoms with E-state index in [1.807, 2.05) is 22.9 Å². The second kappa shape index (κ2) is 4.94. The van der Waals surface area contributed by atoms with Crippen LogP contribution < -0.4 is 0 Å². The van der Waals surface area contributed by atoms with Crippen molar-refractivity contribution in [1.29, 1.82) is 0 Å². The van der Waals surface area contributed by atoms with Gasteiger partial charge in [0.2, 0.25) is 0 Å². The molecule has 0 fully saturated rings. The molecule has 0 atom stereocenters. The minimum absolute atomic E-state index is 0.715. The number of benzene rings is 1. The SMILES string of the molecule is C[N+](C)(C)Cn1nnc2ccc(Cl)cc21.F[P-](F)(F)(F)(F)F. The van der Waals surface area contributed by atoms with E-state index >= 15 is 0 Å². The average Bonchev–Trinajstić information content (AvgIpc) is 2.54. The molecule has 0 bridgehead atoms. The van der Waals surface area contributed by atoms with Crippen LogP contribution in [0.15, 0.2) is 18.2 Å². The van der Waals surface area contributed by atoms with Crippen molar-refractivity contribution in [2.45, 2.75) is 6.67 Å². The molecule has 0 amide bonds. The van der Waals surface area contributed by atoms with Crippen LogP contribution in [0.2, 0.25) is 5.02 Å². The van der Waals surface area contributed by atoms with Crippen molar-refractivity contribution in [1.82, 2.24) is 15.0 Å². The van der Waals surface area contributed by atoms with E-state index in [2.05, 4.69) is 31.5 Å². The number of halogens is 7. The van der Waals surface area contributed by atoms with Crippen molar-refractivity contribution in [3.8, 4) is 0 Å². The summed E-state index contributed by atoms with van der Waals surface area (Å²) in [6.45, 7) is 0.775. The molecule has 0 saturated heterocycles. The molecule has 0 spiro atoms. The fourth-order valence-electron chi connectivity index (χ4n) is 1.44. The predicted molar refractivity (Wildman–Crippen MR) is 74.1 cm³/mol. The van der Waals surface area contributed by atoms with E-state index in [1.54, 1.807) is 0 Å². The van der Waals surface area contributed by atoms with Gasteiger partial charge in [0.1, 0.15) is 5.52 Å². The van der Waals surface area contributed by atoms with Gasteiger partial charge >= 0.3 is 33.0 Å². The van der Waals surface area contributed by atoms with Gasteiger partial charge in [-0.2, -0.15) is 4.68 Å². The van der Waals surface area contributed by atoms with Crippen molar-refractivity contribution in [2.24, 2.45) is 0 Å². The standard InChI is InChI=1S/C10H14ClN4.F6P/c1-15(2,3)7-14-10-6-8(11)4-5-9(10)12-13-14;1-7(2,3,4,5)6/h4-6H,7H2,1-3H3;/q+1;-1. The molecule has 0 aliphatic carbocycles. The second-order valence-corrected chi connectivity index (χ2v) is 7.97. The summed E-state index contributed by atoms with van der Waals surface area (Å²) in [7, 11) is -4.33. The maximum atomic E-state index is 9.87. The Morgan fingerprint density at radius 2 is 1.59 bits per heavy atom. The van der Waals surface area contributed by atoms with Crippen LogP contribution in [0.1, 0.15) is 0 Å². The third-order valence-corrected chi connectivity index (χ3v) is 2.27. The van der Waals surface area contributed by atoms with E-state index in [0.717, 1.165) is 22.2 Å². The molecule has 12 heteroatoms. The zero-order chi connectivity index (χ0) is 17.5. The zero-order valence-corrected chi connectivity index (χ0v) is 13.5. The Labute approximate surface area is 127 Å². The normalized spacial score (nSPS) is 15.7. The molecule has 2 aromatic rings. The molecule has 0 radical (unpaired) electrons. The molecule has 0 N–H and O–H groups in total. The number of quaternary nitrogens is 1. The summed E-state index contributed by atoms with van der Waals surface area (Å²) in [4.78, 5) is 0. The fourth-order valence-corrected chi connectivity index (χ4v) is 1.61. The molecular formula is C10H14ClF6N4P. The summed E-state index contributed by atoms with van der Waals surface area (Å²) in [5, 5.41) is 8.92. The Bertz CT molecular complexity index is 664. The topological polar surface area (TPSA) is 30.7 Å². The van der Waals surface area contributed by atoms with E-state index < -0.39 is 7.81 Å². The van der Waals surface area contributed by atoms with Crippen molar-refractivity contribution < 1.29 is 29.7 Å². The Kier molecular flexibility index (Phi) is 4.25. The van der Waals surface area contributed by atoms with Crippen molar-refractivity contribution in [2.75, 3.05) is 21.1 Å². The number of aromatic nitrogens is 3. The van der Waals surface area contributed by atoms with Crippen LogP contribution in [0.25, 0.3) is 11.0 Å². The van der Waals surface area contributed by atoms with E-state index in [9.17, 15) is 25.2 Å². The van der Waals surface area contributed by atoms with Crippen LogP contribution in [0.4, 0.5) is 25.2 Å².